The Morgan fingerprint density at radius 2 is 1.87 bits per heavy atom. The van der Waals surface area contributed by atoms with Gasteiger partial charge in [0.15, 0.2) is 0 Å². The number of phenols is 1. The van der Waals surface area contributed by atoms with E-state index in [9.17, 15) is 9.90 Å². The standard InChI is InChI=1S/C17H17N3O3/c1-23-15-8-4-13(5-9-15)19-17(22)20-11-10-18-16(20)12-2-6-14(21)7-3-12/h2-9,21H,10-11H2,1H3,(H,19,22). The van der Waals surface area contributed by atoms with Crippen LogP contribution in [-0.4, -0.2) is 42.1 Å². The van der Waals surface area contributed by atoms with Crippen LogP contribution in [0.4, 0.5) is 10.5 Å². The SMILES string of the molecule is COc1ccc(NC(=O)N2CCN=C2c2ccc(O)cc2)cc1. The maximum atomic E-state index is 12.5. The van der Waals surface area contributed by atoms with Gasteiger partial charge in [0, 0.05) is 17.8 Å². The molecule has 0 saturated carbocycles. The van der Waals surface area contributed by atoms with Crippen LogP contribution in [0.25, 0.3) is 0 Å². The molecule has 2 amide bonds. The van der Waals surface area contributed by atoms with E-state index in [-0.39, 0.29) is 11.8 Å². The number of anilines is 1. The number of hydrogen-bond donors (Lipinski definition) is 2. The predicted molar refractivity (Wildman–Crippen MR) is 88.2 cm³/mol. The number of carbonyl (C=O) groups excluding carboxylic acids is 1. The number of amides is 2. The predicted octanol–water partition coefficient (Wildman–Crippen LogP) is 2.70. The van der Waals surface area contributed by atoms with Crippen LogP contribution in [0.15, 0.2) is 53.5 Å². The van der Waals surface area contributed by atoms with Gasteiger partial charge in [0.05, 0.1) is 13.7 Å². The molecular formula is C17H17N3O3. The molecular weight excluding hydrogens is 294 g/mol. The van der Waals surface area contributed by atoms with Crippen molar-refractivity contribution in [1.29, 1.82) is 0 Å². The highest BCUT2D eigenvalue weighted by molar-refractivity contribution is 6.11. The van der Waals surface area contributed by atoms with Crippen LogP contribution in [0.2, 0.25) is 0 Å². The molecule has 0 atom stereocenters. The third-order valence-electron chi connectivity index (χ3n) is 3.55. The largest absolute Gasteiger partial charge is 0.508 e. The lowest BCUT2D eigenvalue weighted by molar-refractivity contribution is 0.236. The van der Waals surface area contributed by atoms with Crippen LogP contribution < -0.4 is 10.1 Å². The third kappa shape index (κ3) is 3.26. The first kappa shape index (κ1) is 14.9. The van der Waals surface area contributed by atoms with E-state index in [1.165, 1.54) is 0 Å². The summed E-state index contributed by atoms with van der Waals surface area (Å²) in [6, 6.07) is 13.5. The first-order valence-corrected chi connectivity index (χ1v) is 7.24. The summed E-state index contributed by atoms with van der Waals surface area (Å²) >= 11 is 0. The summed E-state index contributed by atoms with van der Waals surface area (Å²) in [4.78, 5) is 18.5. The number of urea groups is 1. The number of rotatable bonds is 3. The lowest BCUT2D eigenvalue weighted by Gasteiger charge is -2.19. The molecule has 0 unspecified atom stereocenters. The Morgan fingerprint density at radius 1 is 1.17 bits per heavy atom. The Kier molecular flexibility index (Phi) is 4.14. The van der Waals surface area contributed by atoms with E-state index in [0.29, 0.717) is 24.6 Å². The maximum absolute atomic E-state index is 12.5. The minimum Gasteiger partial charge on any atom is -0.508 e. The minimum absolute atomic E-state index is 0.182. The number of aliphatic imine (C=N–C) groups is 1. The summed E-state index contributed by atoms with van der Waals surface area (Å²) in [6.07, 6.45) is 0. The van der Waals surface area contributed by atoms with Crippen LogP contribution in [0.1, 0.15) is 5.56 Å². The first-order chi connectivity index (χ1) is 11.2. The zero-order chi connectivity index (χ0) is 16.2. The van der Waals surface area contributed by atoms with Crippen molar-refractivity contribution in [3.8, 4) is 11.5 Å². The Hall–Kier alpha value is -3.02. The van der Waals surface area contributed by atoms with Gasteiger partial charge in [0.25, 0.3) is 0 Å². The van der Waals surface area contributed by atoms with Crippen molar-refractivity contribution in [3.63, 3.8) is 0 Å². The lowest BCUT2D eigenvalue weighted by Crippen LogP contribution is -2.38. The van der Waals surface area contributed by atoms with Crippen molar-refractivity contribution in [2.24, 2.45) is 4.99 Å². The molecule has 1 heterocycles. The van der Waals surface area contributed by atoms with Gasteiger partial charge in [-0.25, -0.2) is 4.79 Å². The summed E-state index contributed by atoms with van der Waals surface area (Å²) in [7, 11) is 1.60. The molecule has 2 aromatic rings. The average Bonchev–Trinajstić information content (AvgIpc) is 3.06. The summed E-state index contributed by atoms with van der Waals surface area (Å²) in [5, 5.41) is 12.2. The molecule has 6 heteroatoms. The van der Waals surface area contributed by atoms with E-state index in [0.717, 1.165) is 11.3 Å². The molecule has 0 spiro atoms. The summed E-state index contributed by atoms with van der Waals surface area (Å²) in [5.74, 6) is 1.52. The Balaban J connectivity index is 1.73. The fourth-order valence-corrected chi connectivity index (χ4v) is 2.37. The van der Waals surface area contributed by atoms with Crippen molar-refractivity contribution in [3.05, 3.63) is 54.1 Å². The summed E-state index contributed by atoms with van der Waals surface area (Å²) < 4.78 is 5.10. The molecule has 3 rings (SSSR count). The molecule has 0 saturated heterocycles. The number of amidine groups is 1. The number of nitrogens with one attached hydrogen (secondary N) is 1. The van der Waals surface area contributed by atoms with E-state index >= 15 is 0 Å². The van der Waals surface area contributed by atoms with Gasteiger partial charge in [-0.1, -0.05) is 0 Å². The van der Waals surface area contributed by atoms with Gasteiger partial charge in [-0.05, 0) is 48.5 Å². The van der Waals surface area contributed by atoms with Crippen LogP contribution in [-0.2, 0) is 0 Å². The highest BCUT2D eigenvalue weighted by atomic mass is 16.5. The molecule has 2 aromatic carbocycles. The van der Waals surface area contributed by atoms with Gasteiger partial charge >= 0.3 is 6.03 Å². The molecule has 0 aliphatic carbocycles. The van der Waals surface area contributed by atoms with Gasteiger partial charge in [-0.2, -0.15) is 0 Å². The number of methoxy groups -OCH3 is 1. The number of aromatic hydroxyl groups is 1. The highest BCUT2D eigenvalue weighted by Gasteiger charge is 2.24. The lowest BCUT2D eigenvalue weighted by atomic mass is 10.2. The monoisotopic (exact) mass is 311 g/mol. The second-order valence-corrected chi connectivity index (χ2v) is 5.06. The quantitative estimate of drug-likeness (QED) is 0.915. The second kappa shape index (κ2) is 6.39. The summed E-state index contributed by atoms with van der Waals surface area (Å²) in [6.45, 7) is 1.09. The number of benzene rings is 2. The van der Waals surface area contributed by atoms with Gasteiger partial charge < -0.3 is 15.2 Å². The molecule has 6 nitrogen and oxygen atoms in total. The minimum atomic E-state index is -0.237. The molecule has 0 fully saturated rings. The van der Waals surface area contributed by atoms with Crippen molar-refractivity contribution in [2.45, 2.75) is 0 Å². The average molecular weight is 311 g/mol. The Labute approximate surface area is 134 Å². The van der Waals surface area contributed by atoms with Crippen molar-refractivity contribution < 1.29 is 14.6 Å². The third-order valence-corrected chi connectivity index (χ3v) is 3.55. The molecule has 0 radical (unpaired) electrons. The topological polar surface area (TPSA) is 74.2 Å². The zero-order valence-corrected chi connectivity index (χ0v) is 12.7. The molecule has 0 bridgehead atoms. The van der Waals surface area contributed by atoms with E-state index in [1.54, 1.807) is 60.5 Å². The first-order valence-electron chi connectivity index (χ1n) is 7.24. The van der Waals surface area contributed by atoms with Crippen LogP contribution in [0, 0.1) is 0 Å². The fourth-order valence-electron chi connectivity index (χ4n) is 2.37. The van der Waals surface area contributed by atoms with Crippen LogP contribution in [0.3, 0.4) is 0 Å². The van der Waals surface area contributed by atoms with Crippen molar-refractivity contribution in [1.82, 2.24) is 4.90 Å². The maximum Gasteiger partial charge on any atom is 0.327 e. The number of phenolic OH excluding ortho intramolecular Hbond substituents is 1. The number of carbonyl (C=O) groups is 1. The van der Waals surface area contributed by atoms with Crippen LogP contribution >= 0.6 is 0 Å². The number of nitrogens with zero attached hydrogens (tertiary/aromatic N) is 2. The Morgan fingerprint density at radius 3 is 2.52 bits per heavy atom. The number of hydrogen-bond acceptors (Lipinski definition) is 4. The van der Waals surface area contributed by atoms with E-state index < -0.39 is 0 Å². The van der Waals surface area contributed by atoms with Gasteiger partial charge in [0.2, 0.25) is 0 Å². The zero-order valence-electron chi connectivity index (χ0n) is 12.7. The number of ether oxygens (including phenoxy) is 1. The van der Waals surface area contributed by atoms with Gasteiger partial charge in [-0.3, -0.25) is 9.89 Å². The fraction of sp³-hybridized carbons (Fsp3) is 0.176. The normalized spacial score (nSPS) is 13.6. The highest BCUT2D eigenvalue weighted by Crippen LogP contribution is 2.18. The van der Waals surface area contributed by atoms with Crippen LogP contribution in [0.5, 0.6) is 11.5 Å². The molecule has 23 heavy (non-hydrogen) atoms. The van der Waals surface area contributed by atoms with Gasteiger partial charge in [0.1, 0.15) is 17.3 Å². The van der Waals surface area contributed by atoms with Crippen molar-refractivity contribution >= 4 is 17.6 Å². The van der Waals surface area contributed by atoms with Crippen molar-refractivity contribution in [2.75, 3.05) is 25.5 Å². The van der Waals surface area contributed by atoms with E-state index in [2.05, 4.69) is 10.3 Å². The second-order valence-electron chi connectivity index (χ2n) is 5.06. The molecule has 0 aromatic heterocycles. The molecule has 1 aliphatic rings. The Bertz CT molecular complexity index is 724. The molecule has 1 aliphatic heterocycles. The smallest absolute Gasteiger partial charge is 0.327 e. The molecule has 118 valence electrons. The molecule has 2 N–H and O–H groups in total. The summed E-state index contributed by atoms with van der Waals surface area (Å²) in [5.41, 5.74) is 1.48. The van der Waals surface area contributed by atoms with Gasteiger partial charge in [-0.15, -0.1) is 0 Å². The van der Waals surface area contributed by atoms with E-state index in [1.807, 2.05) is 0 Å². The van der Waals surface area contributed by atoms with E-state index in [4.69, 9.17) is 4.74 Å².